The van der Waals surface area contributed by atoms with E-state index < -0.39 is 41.7 Å². The number of aryl methyl sites for hydroxylation is 1. The van der Waals surface area contributed by atoms with Gasteiger partial charge in [-0.1, -0.05) is 18.0 Å². The van der Waals surface area contributed by atoms with E-state index in [9.17, 15) is 27.6 Å². The molecule has 4 N–H and O–H groups in total. The molecule has 0 spiro atoms. The molecule has 1 amide bonds. The fourth-order valence-corrected chi connectivity index (χ4v) is 4.02. The summed E-state index contributed by atoms with van der Waals surface area (Å²) < 4.78 is 56.2. The number of halogens is 4. The molecule has 2 rings (SSSR count). The van der Waals surface area contributed by atoms with Gasteiger partial charge < -0.3 is 25.3 Å². The predicted octanol–water partition coefficient (Wildman–Crippen LogP) is 4.22. The number of unbranched alkanes of at least 4 members (excludes halogenated alkanes) is 2. The van der Waals surface area contributed by atoms with Gasteiger partial charge >= 0.3 is 18.1 Å². The molecule has 1 aromatic rings. The van der Waals surface area contributed by atoms with Crippen molar-refractivity contribution in [1.82, 2.24) is 5.32 Å². The minimum atomic E-state index is -4.85. The minimum absolute atomic E-state index is 0.00786. The number of hydrogen-bond acceptors (Lipinski definition) is 7. The van der Waals surface area contributed by atoms with Crippen LogP contribution in [-0.2, 0) is 23.9 Å². The number of carbonyl (C=O) groups excluding carboxylic acids is 3. The summed E-state index contributed by atoms with van der Waals surface area (Å²) in [6.07, 6.45) is -3.95. The van der Waals surface area contributed by atoms with Crippen molar-refractivity contribution in [1.29, 1.82) is 5.41 Å². The maximum Gasteiger partial charge on any atom is 0.430 e. The highest BCUT2D eigenvalue weighted by atomic mass is 35.5. The lowest BCUT2D eigenvalue weighted by Crippen LogP contribution is -2.41. The topological polar surface area (TPSA) is 141 Å². The van der Waals surface area contributed by atoms with Crippen LogP contribution in [-0.4, -0.2) is 55.2 Å². The number of carbonyl (C=O) groups is 3. The Bertz CT molecular complexity index is 1080. The summed E-state index contributed by atoms with van der Waals surface area (Å²) in [6, 6.07) is 2.01. The van der Waals surface area contributed by atoms with Gasteiger partial charge in [-0.05, 0) is 56.4 Å². The zero-order chi connectivity index (χ0) is 28.5. The summed E-state index contributed by atoms with van der Waals surface area (Å²) >= 11 is 5.98. The van der Waals surface area contributed by atoms with E-state index in [1.165, 1.54) is 19.1 Å². The molecule has 0 bridgehead atoms. The third kappa shape index (κ3) is 9.55. The minimum Gasteiger partial charge on any atom is -0.475 e. The van der Waals surface area contributed by atoms with Crippen LogP contribution in [0.4, 0.5) is 13.2 Å². The zero-order valence-corrected chi connectivity index (χ0v) is 21.8. The van der Waals surface area contributed by atoms with Gasteiger partial charge in [0.2, 0.25) is 12.0 Å². The van der Waals surface area contributed by atoms with E-state index in [-0.39, 0.29) is 48.2 Å². The first-order valence-electron chi connectivity index (χ1n) is 12.0. The second-order valence-corrected chi connectivity index (χ2v) is 9.25. The third-order valence-corrected chi connectivity index (χ3v) is 5.72. The summed E-state index contributed by atoms with van der Waals surface area (Å²) in [7, 11) is 0. The highest BCUT2D eigenvalue weighted by Crippen LogP contribution is 2.40. The SMILES string of the molecule is CC(=O)N[C@@H](CCCCC(=N)N)C(=O)OCCCCOC(=O)C1=Cc2cc(Cl)cc(C)c2O[C@@H]1C(F)(F)F. The van der Waals surface area contributed by atoms with Gasteiger partial charge in [-0.2, -0.15) is 13.2 Å². The zero-order valence-electron chi connectivity index (χ0n) is 21.1. The van der Waals surface area contributed by atoms with Crippen LogP contribution in [0.25, 0.3) is 6.08 Å². The van der Waals surface area contributed by atoms with Gasteiger partial charge in [0.15, 0.2) is 0 Å². The maximum atomic E-state index is 13.6. The molecule has 38 heavy (non-hydrogen) atoms. The second kappa shape index (κ2) is 14.0. The van der Waals surface area contributed by atoms with E-state index >= 15 is 0 Å². The molecule has 2 atom stereocenters. The van der Waals surface area contributed by atoms with Crippen molar-refractivity contribution >= 4 is 41.4 Å². The van der Waals surface area contributed by atoms with Crippen LogP contribution in [0.1, 0.15) is 56.6 Å². The number of amidine groups is 1. The highest BCUT2D eigenvalue weighted by Gasteiger charge is 2.49. The highest BCUT2D eigenvalue weighted by molar-refractivity contribution is 6.30. The number of esters is 2. The van der Waals surface area contributed by atoms with Crippen LogP contribution in [0.2, 0.25) is 5.02 Å². The maximum absolute atomic E-state index is 13.6. The summed E-state index contributed by atoms with van der Waals surface area (Å²) in [5, 5.41) is 10.0. The number of fused-ring (bicyclic) bond motifs is 1. The fraction of sp³-hybridized carbons (Fsp3) is 0.520. The van der Waals surface area contributed by atoms with Gasteiger partial charge in [-0.25, -0.2) is 9.59 Å². The predicted molar refractivity (Wildman–Crippen MR) is 134 cm³/mol. The van der Waals surface area contributed by atoms with Gasteiger partial charge in [-0.3, -0.25) is 10.2 Å². The number of alkyl halides is 3. The van der Waals surface area contributed by atoms with Gasteiger partial charge in [0, 0.05) is 23.9 Å². The third-order valence-electron chi connectivity index (χ3n) is 5.50. The van der Waals surface area contributed by atoms with Crippen molar-refractivity contribution in [2.75, 3.05) is 13.2 Å². The molecule has 0 saturated carbocycles. The Balaban J connectivity index is 1.86. The van der Waals surface area contributed by atoms with E-state index in [1.807, 2.05) is 0 Å². The molecule has 1 aromatic carbocycles. The average molecular weight is 562 g/mol. The molecule has 1 heterocycles. The van der Waals surface area contributed by atoms with E-state index in [0.29, 0.717) is 31.2 Å². The molecule has 0 fully saturated rings. The molecule has 0 radical (unpaired) electrons. The molecular formula is C25H31ClF3N3O6. The van der Waals surface area contributed by atoms with Crippen LogP contribution in [0.5, 0.6) is 5.75 Å². The number of benzene rings is 1. The lowest BCUT2D eigenvalue weighted by Gasteiger charge is -2.29. The molecule has 1 aliphatic rings. The van der Waals surface area contributed by atoms with Crippen molar-refractivity contribution in [2.45, 2.75) is 70.7 Å². The quantitative estimate of drug-likeness (QED) is 0.142. The Hall–Kier alpha value is -3.28. The standard InChI is InChI=1S/C25H31ClF3N3O6/c1-14-11-17(26)12-16-13-18(22(25(27,28)29)38-21(14)16)23(34)36-9-5-6-10-37-24(35)19(32-15(2)33)7-3-4-8-20(30)31/h11-13,19,22H,3-10H2,1-2H3,(H3,30,31)(H,32,33)/t19-,22-/m0/s1. The largest absolute Gasteiger partial charge is 0.475 e. The van der Waals surface area contributed by atoms with Gasteiger partial charge in [0.25, 0.3) is 0 Å². The van der Waals surface area contributed by atoms with Gasteiger partial charge in [0.1, 0.15) is 11.8 Å². The lowest BCUT2D eigenvalue weighted by atomic mass is 9.99. The molecule has 0 saturated heterocycles. The summed E-state index contributed by atoms with van der Waals surface area (Å²) in [6.45, 7) is 2.58. The molecule has 0 aromatic heterocycles. The van der Waals surface area contributed by atoms with Crippen molar-refractivity contribution in [3.8, 4) is 5.75 Å². The van der Waals surface area contributed by atoms with Gasteiger partial charge in [0.05, 0.1) is 24.6 Å². The molecular weight excluding hydrogens is 531 g/mol. The first kappa shape index (κ1) is 30.9. The molecule has 9 nitrogen and oxygen atoms in total. The summed E-state index contributed by atoms with van der Waals surface area (Å²) in [4.78, 5) is 36.2. The average Bonchev–Trinajstić information content (AvgIpc) is 2.81. The summed E-state index contributed by atoms with van der Waals surface area (Å²) in [5.41, 5.74) is 5.25. The monoisotopic (exact) mass is 561 g/mol. The number of hydrogen-bond donors (Lipinski definition) is 3. The first-order valence-corrected chi connectivity index (χ1v) is 12.4. The molecule has 1 aliphatic heterocycles. The van der Waals surface area contributed by atoms with E-state index in [0.717, 1.165) is 6.08 Å². The number of amides is 1. The Morgan fingerprint density at radius 1 is 1.16 bits per heavy atom. The molecule has 0 unspecified atom stereocenters. The Kier molecular flexibility index (Phi) is 11.4. The number of nitrogens with one attached hydrogen (secondary N) is 2. The van der Waals surface area contributed by atoms with Crippen molar-refractivity contribution in [2.24, 2.45) is 5.73 Å². The van der Waals surface area contributed by atoms with Crippen molar-refractivity contribution < 1.29 is 41.8 Å². The normalized spacial score (nSPS) is 15.4. The molecule has 0 aliphatic carbocycles. The lowest BCUT2D eigenvalue weighted by molar-refractivity contribution is -0.188. The van der Waals surface area contributed by atoms with E-state index in [2.05, 4.69) is 5.32 Å². The van der Waals surface area contributed by atoms with Crippen LogP contribution in [0.3, 0.4) is 0 Å². The van der Waals surface area contributed by atoms with Crippen LogP contribution < -0.4 is 15.8 Å². The number of ether oxygens (including phenoxy) is 3. The summed E-state index contributed by atoms with van der Waals surface area (Å²) in [5.74, 6) is -2.18. The number of rotatable bonds is 13. The molecule has 210 valence electrons. The van der Waals surface area contributed by atoms with Gasteiger partial charge in [-0.15, -0.1) is 0 Å². The van der Waals surface area contributed by atoms with Crippen molar-refractivity contribution in [3.63, 3.8) is 0 Å². The van der Waals surface area contributed by atoms with Crippen LogP contribution >= 0.6 is 11.6 Å². The Morgan fingerprint density at radius 3 is 2.42 bits per heavy atom. The van der Waals surface area contributed by atoms with Crippen LogP contribution in [0, 0.1) is 12.3 Å². The second-order valence-electron chi connectivity index (χ2n) is 8.81. The van der Waals surface area contributed by atoms with Crippen molar-refractivity contribution in [3.05, 3.63) is 33.9 Å². The smallest absolute Gasteiger partial charge is 0.430 e. The Labute approximate surface area is 223 Å². The fourth-order valence-electron chi connectivity index (χ4n) is 3.74. The van der Waals surface area contributed by atoms with E-state index in [1.54, 1.807) is 6.92 Å². The first-order chi connectivity index (χ1) is 17.8. The molecule has 13 heteroatoms. The Morgan fingerprint density at radius 2 is 1.82 bits per heavy atom. The van der Waals surface area contributed by atoms with E-state index in [4.69, 9.17) is 37.0 Å². The van der Waals surface area contributed by atoms with Crippen LogP contribution in [0.15, 0.2) is 17.7 Å². The number of nitrogens with two attached hydrogens (primary N) is 1.